The van der Waals surface area contributed by atoms with Crippen LogP contribution in [0.15, 0.2) is 39.7 Å². The van der Waals surface area contributed by atoms with Crippen molar-refractivity contribution in [3.63, 3.8) is 0 Å². The topological polar surface area (TPSA) is 83.8 Å². The van der Waals surface area contributed by atoms with Gasteiger partial charge in [0.15, 0.2) is 0 Å². The van der Waals surface area contributed by atoms with E-state index in [1.807, 2.05) is 32.0 Å². The molecule has 0 aliphatic rings. The summed E-state index contributed by atoms with van der Waals surface area (Å²) >= 11 is 0. The molecule has 6 nitrogen and oxygen atoms in total. The number of oxazole rings is 1. The molecule has 0 fully saturated rings. The third kappa shape index (κ3) is 2.85. The Hall–Kier alpha value is -2.47. The average molecular weight is 284 g/mol. The molecule has 0 aliphatic carbocycles. The predicted molar refractivity (Wildman–Crippen MR) is 78.9 cm³/mol. The average Bonchev–Trinajstić information content (AvgIpc) is 2.91. The van der Waals surface area contributed by atoms with Crippen LogP contribution < -0.4 is 10.9 Å². The summed E-state index contributed by atoms with van der Waals surface area (Å²) in [6, 6.07) is 7.22. The summed E-state index contributed by atoms with van der Waals surface area (Å²) in [7, 11) is 0. The number of hydrogen-bond donors (Lipinski definition) is 2. The molecule has 3 aromatic rings. The largest absolute Gasteiger partial charge is 0.444 e. The Morgan fingerprint density at radius 1 is 1.38 bits per heavy atom. The molecule has 0 saturated heterocycles. The number of hydrogen-bond acceptors (Lipinski definition) is 5. The van der Waals surface area contributed by atoms with Gasteiger partial charge in [0, 0.05) is 0 Å². The van der Waals surface area contributed by atoms with Crippen molar-refractivity contribution in [2.75, 3.05) is 0 Å². The summed E-state index contributed by atoms with van der Waals surface area (Å²) in [6.07, 6.45) is 1.68. The first-order valence-electron chi connectivity index (χ1n) is 6.77. The lowest BCUT2D eigenvalue weighted by atomic mass is 10.2. The van der Waals surface area contributed by atoms with Crippen LogP contribution in [0.2, 0.25) is 0 Å². The number of aromatic amines is 1. The van der Waals surface area contributed by atoms with E-state index in [2.05, 4.69) is 20.3 Å². The van der Waals surface area contributed by atoms with Gasteiger partial charge in [-0.1, -0.05) is 12.1 Å². The SMILES string of the molecule is Cc1cnc(C(C)NCc2nc3ccccc3c(=O)[nH]2)o1. The third-order valence-electron chi connectivity index (χ3n) is 3.25. The van der Waals surface area contributed by atoms with E-state index >= 15 is 0 Å². The first-order chi connectivity index (χ1) is 10.1. The van der Waals surface area contributed by atoms with Crippen LogP contribution in [0.3, 0.4) is 0 Å². The zero-order chi connectivity index (χ0) is 14.8. The van der Waals surface area contributed by atoms with Gasteiger partial charge in [0.05, 0.1) is 29.7 Å². The van der Waals surface area contributed by atoms with Gasteiger partial charge in [0.25, 0.3) is 5.56 Å². The molecule has 2 heterocycles. The Balaban J connectivity index is 1.77. The molecule has 0 amide bonds. The van der Waals surface area contributed by atoms with Crippen LogP contribution in [-0.2, 0) is 6.54 Å². The van der Waals surface area contributed by atoms with Crippen molar-refractivity contribution in [3.8, 4) is 0 Å². The molecule has 1 aromatic carbocycles. The van der Waals surface area contributed by atoms with Crippen molar-refractivity contribution in [3.05, 3.63) is 58.3 Å². The lowest BCUT2D eigenvalue weighted by Gasteiger charge is -2.10. The molecular formula is C15H16N4O2. The number of para-hydroxylation sites is 1. The van der Waals surface area contributed by atoms with Gasteiger partial charge in [-0.15, -0.1) is 0 Å². The number of aryl methyl sites for hydroxylation is 1. The van der Waals surface area contributed by atoms with Crippen LogP contribution in [0.25, 0.3) is 10.9 Å². The van der Waals surface area contributed by atoms with E-state index in [9.17, 15) is 4.79 Å². The van der Waals surface area contributed by atoms with E-state index in [0.717, 1.165) is 5.76 Å². The molecule has 0 saturated carbocycles. The Bertz CT molecular complexity index is 822. The summed E-state index contributed by atoms with van der Waals surface area (Å²) in [5.41, 5.74) is 0.565. The molecule has 6 heteroatoms. The van der Waals surface area contributed by atoms with Gasteiger partial charge < -0.3 is 9.40 Å². The highest BCUT2D eigenvalue weighted by atomic mass is 16.4. The van der Waals surface area contributed by atoms with Gasteiger partial charge in [0.2, 0.25) is 5.89 Å². The smallest absolute Gasteiger partial charge is 0.258 e. The molecular weight excluding hydrogens is 268 g/mol. The molecule has 1 atom stereocenters. The van der Waals surface area contributed by atoms with Crippen LogP contribution >= 0.6 is 0 Å². The van der Waals surface area contributed by atoms with Crippen molar-refractivity contribution in [2.45, 2.75) is 26.4 Å². The van der Waals surface area contributed by atoms with Crippen LogP contribution in [0.4, 0.5) is 0 Å². The Morgan fingerprint density at radius 3 is 2.95 bits per heavy atom. The number of nitrogens with zero attached hydrogens (tertiary/aromatic N) is 2. The maximum absolute atomic E-state index is 12.0. The van der Waals surface area contributed by atoms with E-state index in [0.29, 0.717) is 29.2 Å². The highest BCUT2D eigenvalue weighted by Crippen LogP contribution is 2.12. The van der Waals surface area contributed by atoms with Gasteiger partial charge in [-0.05, 0) is 26.0 Å². The van der Waals surface area contributed by atoms with Gasteiger partial charge >= 0.3 is 0 Å². The fourth-order valence-electron chi connectivity index (χ4n) is 2.13. The number of rotatable bonds is 4. The Kier molecular flexibility index (Phi) is 3.53. The minimum Gasteiger partial charge on any atom is -0.444 e. The Labute approximate surface area is 121 Å². The number of fused-ring (bicyclic) bond motifs is 1. The van der Waals surface area contributed by atoms with Crippen molar-refractivity contribution in [1.29, 1.82) is 0 Å². The summed E-state index contributed by atoms with van der Waals surface area (Å²) in [4.78, 5) is 23.4. The second-order valence-electron chi connectivity index (χ2n) is 4.94. The highest BCUT2D eigenvalue weighted by molar-refractivity contribution is 5.77. The van der Waals surface area contributed by atoms with E-state index in [4.69, 9.17) is 4.42 Å². The maximum Gasteiger partial charge on any atom is 0.258 e. The zero-order valence-electron chi connectivity index (χ0n) is 11.9. The third-order valence-corrected chi connectivity index (χ3v) is 3.25. The van der Waals surface area contributed by atoms with Gasteiger partial charge in [-0.3, -0.25) is 10.1 Å². The maximum atomic E-state index is 12.0. The lowest BCUT2D eigenvalue weighted by molar-refractivity contribution is 0.400. The van der Waals surface area contributed by atoms with Crippen molar-refractivity contribution >= 4 is 10.9 Å². The van der Waals surface area contributed by atoms with Crippen LogP contribution in [0, 0.1) is 6.92 Å². The molecule has 0 radical (unpaired) electrons. The van der Waals surface area contributed by atoms with E-state index in [1.54, 1.807) is 12.3 Å². The standard InChI is InChI=1S/C15H16N4O2/c1-9-7-17-15(21-9)10(2)16-8-13-18-12-6-4-3-5-11(12)14(20)19-13/h3-7,10,16H,8H2,1-2H3,(H,18,19,20). The molecule has 2 aromatic heterocycles. The number of aromatic nitrogens is 3. The van der Waals surface area contributed by atoms with E-state index in [-0.39, 0.29) is 11.6 Å². The van der Waals surface area contributed by atoms with Crippen molar-refractivity contribution < 1.29 is 4.42 Å². The zero-order valence-corrected chi connectivity index (χ0v) is 11.9. The molecule has 0 aliphatic heterocycles. The lowest BCUT2D eigenvalue weighted by Crippen LogP contribution is -2.22. The fourth-order valence-corrected chi connectivity index (χ4v) is 2.13. The predicted octanol–water partition coefficient (Wildman–Crippen LogP) is 2.07. The number of nitrogens with one attached hydrogen (secondary N) is 2. The second kappa shape index (κ2) is 5.49. The van der Waals surface area contributed by atoms with Crippen LogP contribution in [-0.4, -0.2) is 15.0 Å². The quantitative estimate of drug-likeness (QED) is 0.766. The second-order valence-corrected chi connectivity index (χ2v) is 4.94. The summed E-state index contributed by atoms with van der Waals surface area (Å²) in [5.74, 6) is 1.99. The van der Waals surface area contributed by atoms with Crippen molar-refractivity contribution in [1.82, 2.24) is 20.3 Å². The van der Waals surface area contributed by atoms with Crippen LogP contribution in [0.1, 0.15) is 30.4 Å². The minimum absolute atomic E-state index is 0.0597. The van der Waals surface area contributed by atoms with Crippen LogP contribution in [0.5, 0.6) is 0 Å². The van der Waals surface area contributed by atoms with E-state index < -0.39 is 0 Å². The highest BCUT2D eigenvalue weighted by Gasteiger charge is 2.11. The van der Waals surface area contributed by atoms with Gasteiger partial charge in [-0.2, -0.15) is 0 Å². The fraction of sp³-hybridized carbons (Fsp3) is 0.267. The number of H-pyrrole nitrogens is 1. The minimum atomic E-state index is -0.128. The molecule has 21 heavy (non-hydrogen) atoms. The molecule has 3 rings (SSSR count). The molecule has 1 unspecified atom stereocenters. The van der Waals surface area contributed by atoms with Crippen molar-refractivity contribution in [2.24, 2.45) is 0 Å². The monoisotopic (exact) mass is 284 g/mol. The van der Waals surface area contributed by atoms with Gasteiger partial charge in [0.1, 0.15) is 11.6 Å². The normalized spacial score (nSPS) is 12.7. The molecule has 0 bridgehead atoms. The molecule has 0 spiro atoms. The summed E-state index contributed by atoms with van der Waals surface area (Å²) < 4.78 is 5.46. The number of benzene rings is 1. The summed E-state index contributed by atoms with van der Waals surface area (Å²) in [6.45, 7) is 4.23. The Morgan fingerprint density at radius 2 is 2.19 bits per heavy atom. The first-order valence-corrected chi connectivity index (χ1v) is 6.77. The first kappa shape index (κ1) is 13.5. The van der Waals surface area contributed by atoms with E-state index in [1.165, 1.54) is 0 Å². The molecule has 2 N–H and O–H groups in total. The van der Waals surface area contributed by atoms with Gasteiger partial charge in [-0.25, -0.2) is 9.97 Å². The summed E-state index contributed by atoms with van der Waals surface area (Å²) in [5, 5.41) is 3.83. The molecule has 108 valence electrons.